The van der Waals surface area contributed by atoms with Crippen LogP contribution in [0.15, 0.2) is 109 Å². The second-order valence-corrected chi connectivity index (χ2v) is 13.0. The van der Waals surface area contributed by atoms with Crippen molar-refractivity contribution in [3.05, 3.63) is 126 Å². The average molecular weight is 544 g/mol. The topological polar surface area (TPSA) is 12.0 Å². The van der Waals surface area contributed by atoms with Crippen molar-refractivity contribution in [2.75, 3.05) is 5.32 Å². The first-order valence-electron chi connectivity index (χ1n) is 16.2. The summed E-state index contributed by atoms with van der Waals surface area (Å²) in [5, 5.41) is 9.44. The molecule has 1 saturated carbocycles. The number of hydrogen-bond donors (Lipinski definition) is 1. The van der Waals surface area contributed by atoms with Gasteiger partial charge in [-0.1, -0.05) is 104 Å². The molecule has 1 fully saturated rings. The van der Waals surface area contributed by atoms with Gasteiger partial charge >= 0.3 is 0 Å². The zero-order chi connectivity index (χ0) is 27.6. The zero-order valence-electron chi connectivity index (χ0n) is 24.2. The van der Waals surface area contributed by atoms with Crippen LogP contribution in [0.3, 0.4) is 0 Å². The van der Waals surface area contributed by atoms with Crippen molar-refractivity contribution in [2.45, 2.75) is 56.9 Å². The van der Waals surface area contributed by atoms with Gasteiger partial charge in [-0.25, -0.2) is 0 Å². The third-order valence-corrected chi connectivity index (χ3v) is 10.8. The molecule has 0 bridgehead atoms. The molecule has 1 heteroatoms. The molecule has 9 rings (SSSR count). The molecule has 1 nitrogen and oxygen atoms in total. The van der Waals surface area contributed by atoms with E-state index in [0.29, 0.717) is 23.8 Å². The number of benzene rings is 5. The molecule has 1 heterocycles. The molecule has 1 N–H and O–H groups in total. The Morgan fingerprint density at radius 1 is 0.619 bits per heavy atom. The monoisotopic (exact) mass is 543 g/mol. The van der Waals surface area contributed by atoms with Crippen LogP contribution >= 0.6 is 0 Å². The van der Waals surface area contributed by atoms with Gasteiger partial charge in [-0.15, -0.1) is 0 Å². The summed E-state index contributed by atoms with van der Waals surface area (Å²) in [5.41, 5.74) is 11.8. The van der Waals surface area contributed by atoms with Crippen molar-refractivity contribution in [3.8, 4) is 22.3 Å². The largest absolute Gasteiger partial charge is 0.381 e. The standard InChI is InChI=1S/C41H37N/c1-2-16-32-34(17-3-1)40(31-20-10-13-26-11-4-6-14-29(26)31)35-19-9-8-18-33(35)39(32)28-22-23-37-36(25-28)41-30-15-7-5-12-27(30)21-24-38(41)42-37/h4-15,18-20,22-23,25,27,30,38,41-42H,1-3,16-17,21,24H2. The predicted molar refractivity (Wildman–Crippen MR) is 178 cm³/mol. The maximum absolute atomic E-state index is 3.95. The first-order valence-corrected chi connectivity index (χ1v) is 16.2. The van der Waals surface area contributed by atoms with Crippen LogP contribution in [0.4, 0.5) is 5.69 Å². The molecule has 0 saturated heterocycles. The molecule has 4 unspecified atom stereocenters. The summed E-state index contributed by atoms with van der Waals surface area (Å²) in [7, 11) is 0. The highest BCUT2D eigenvalue weighted by atomic mass is 15.0. The van der Waals surface area contributed by atoms with Gasteiger partial charge in [-0.05, 0) is 123 Å². The third kappa shape index (κ3) is 3.69. The van der Waals surface area contributed by atoms with E-state index in [0.717, 1.165) is 12.8 Å². The Morgan fingerprint density at radius 3 is 2.24 bits per heavy atom. The van der Waals surface area contributed by atoms with E-state index in [1.54, 1.807) is 11.1 Å². The lowest BCUT2D eigenvalue weighted by Crippen LogP contribution is -2.35. The first-order chi connectivity index (χ1) is 20.8. The van der Waals surface area contributed by atoms with Crippen molar-refractivity contribution in [2.24, 2.45) is 11.8 Å². The fourth-order valence-electron chi connectivity index (χ4n) is 9.03. The molecular weight excluding hydrogens is 506 g/mol. The molecule has 1 aliphatic heterocycles. The Bertz CT molecular complexity index is 1920. The lowest BCUT2D eigenvalue weighted by Gasteiger charge is -2.38. The highest BCUT2D eigenvalue weighted by Gasteiger charge is 2.43. The average Bonchev–Trinajstić information content (AvgIpc) is 3.25. The molecular formula is C41H37N. The number of rotatable bonds is 2. The van der Waals surface area contributed by atoms with E-state index in [1.807, 2.05) is 0 Å². The molecule has 0 radical (unpaired) electrons. The lowest BCUT2D eigenvalue weighted by atomic mass is 9.67. The van der Waals surface area contributed by atoms with Crippen LogP contribution in [-0.4, -0.2) is 6.04 Å². The second-order valence-electron chi connectivity index (χ2n) is 13.0. The van der Waals surface area contributed by atoms with Gasteiger partial charge in [0, 0.05) is 17.6 Å². The van der Waals surface area contributed by atoms with Gasteiger partial charge in [-0.2, -0.15) is 0 Å². The lowest BCUT2D eigenvalue weighted by molar-refractivity contribution is 0.279. The van der Waals surface area contributed by atoms with Gasteiger partial charge < -0.3 is 5.32 Å². The van der Waals surface area contributed by atoms with Gasteiger partial charge in [0.25, 0.3) is 0 Å². The van der Waals surface area contributed by atoms with Crippen molar-refractivity contribution < 1.29 is 0 Å². The summed E-state index contributed by atoms with van der Waals surface area (Å²) in [6.45, 7) is 0. The predicted octanol–water partition coefficient (Wildman–Crippen LogP) is 10.6. The van der Waals surface area contributed by atoms with Crippen LogP contribution in [0.5, 0.6) is 0 Å². The SMILES string of the molecule is C1=CC2CCC3Nc4ccc(-c5c6c(c(-c7cccc8ccccc78)c7ccccc57)CCCCC6)cc4C3C2C=C1. The molecule has 0 aromatic heterocycles. The Labute approximate surface area is 249 Å². The van der Waals surface area contributed by atoms with Crippen LogP contribution in [0.25, 0.3) is 43.8 Å². The number of fused-ring (bicyclic) bond motifs is 8. The molecule has 4 atom stereocenters. The smallest absolute Gasteiger partial charge is 0.0379 e. The van der Waals surface area contributed by atoms with Crippen molar-refractivity contribution in [1.82, 2.24) is 0 Å². The van der Waals surface area contributed by atoms with Crippen LogP contribution in [-0.2, 0) is 12.8 Å². The minimum absolute atomic E-state index is 0.551. The minimum atomic E-state index is 0.551. The minimum Gasteiger partial charge on any atom is -0.381 e. The molecule has 5 aromatic carbocycles. The van der Waals surface area contributed by atoms with E-state index in [-0.39, 0.29) is 0 Å². The van der Waals surface area contributed by atoms with Crippen LogP contribution < -0.4 is 5.32 Å². The maximum atomic E-state index is 3.95. The number of anilines is 1. The number of allylic oxidation sites excluding steroid dienone is 4. The molecule has 206 valence electrons. The van der Waals surface area contributed by atoms with E-state index < -0.39 is 0 Å². The summed E-state index contributed by atoms with van der Waals surface area (Å²) >= 11 is 0. The van der Waals surface area contributed by atoms with Crippen LogP contribution in [0.2, 0.25) is 0 Å². The third-order valence-electron chi connectivity index (χ3n) is 10.8. The molecule has 5 aromatic rings. The molecule has 0 amide bonds. The molecule has 0 spiro atoms. The normalized spacial score (nSPS) is 24.0. The Kier molecular flexibility index (Phi) is 5.68. The van der Waals surface area contributed by atoms with E-state index in [2.05, 4.69) is 115 Å². The second kappa shape index (κ2) is 9.73. The van der Waals surface area contributed by atoms with Crippen LogP contribution in [0, 0.1) is 11.8 Å². The highest BCUT2D eigenvalue weighted by Crippen LogP contribution is 2.53. The maximum Gasteiger partial charge on any atom is 0.0379 e. The van der Waals surface area contributed by atoms with Gasteiger partial charge in [-0.3, -0.25) is 0 Å². The Balaban J connectivity index is 1.29. The number of hydrogen-bond acceptors (Lipinski definition) is 1. The van der Waals surface area contributed by atoms with E-state index in [1.165, 1.54) is 87.2 Å². The van der Waals surface area contributed by atoms with E-state index >= 15 is 0 Å². The fraction of sp³-hybridized carbons (Fsp3) is 0.268. The fourth-order valence-corrected chi connectivity index (χ4v) is 9.03. The summed E-state index contributed by atoms with van der Waals surface area (Å²) in [6.07, 6.45) is 18.2. The Hall–Kier alpha value is -4.10. The number of nitrogens with one attached hydrogen (secondary N) is 1. The van der Waals surface area contributed by atoms with E-state index in [9.17, 15) is 0 Å². The highest BCUT2D eigenvalue weighted by molar-refractivity contribution is 6.12. The summed E-state index contributed by atoms with van der Waals surface area (Å²) in [6, 6.07) is 33.0. The van der Waals surface area contributed by atoms with Crippen molar-refractivity contribution in [3.63, 3.8) is 0 Å². The van der Waals surface area contributed by atoms with Gasteiger partial charge in [0.2, 0.25) is 0 Å². The first kappa shape index (κ1) is 24.5. The Morgan fingerprint density at radius 2 is 1.36 bits per heavy atom. The van der Waals surface area contributed by atoms with Gasteiger partial charge in [0.05, 0.1) is 0 Å². The molecule has 3 aliphatic carbocycles. The zero-order valence-corrected chi connectivity index (χ0v) is 24.2. The van der Waals surface area contributed by atoms with Gasteiger partial charge in [0.15, 0.2) is 0 Å². The van der Waals surface area contributed by atoms with Crippen molar-refractivity contribution in [1.29, 1.82) is 0 Å². The van der Waals surface area contributed by atoms with Gasteiger partial charge in [0.1, 0.15) is 0 Å². The summed E-state index contributed by atoms with van der Waals surface area (Å²) in [4.78, 5) is 0. The summed E-state index contributed by atoms with van der Waals surface area (Å²) in [5.74, 6) is 1.82. The van der Waals surface area contributed by atoms with Crippen LogP contribution in [0.1, 0.15) is 54.7 Å². The molecule has 42 heavy (non-hydrogen) atoms. The quantitative estimate of drug-likeness (QED) is 0.218. The molecule has 4 aliphatic rings. The van der Waals surface area contributed by atoms with Crippen molar-refractivity contribution >= 4 is 27.2 Å². The van der Waals surface area contributed by atoms with E-state index in [4.69, 9.17) is 0 Å². The summed E-state index contributed by atoms with van der Waals surface area (Å²) < 4.78 is 0.